The number of nitro benzene ring substituents is 2. The molecule has 0 saturated carbocycles. The lowest BCUT2D eigenvalue weighted by molar-refractivity contribution is -0.385. The Morgan fingerprint density at radius 2 is 1.06 bits per heavy atom. The molecule has 3 aromatic heterocycles. The SMILES string of the molecule is Nc1ccccc1N.O=C(O)c1cc2c(s1)-c1ccccc1N(C(=O)c1ccc([N+](=O)[O-])cc1)CC2.O=C(c1ccc([N+](=O)[O-])cc1)N1CCc2cc(-c3nc4ccccc4[nH]3)sc2-c2ccccc21. The molecule has 2 amide bonds. The molecule has 9 aromatic rings. The fraction of sp³-hybridized carbons (Fsp3) is 0.0769. The molecule has 348 valence electrons. The van der Waals surface area contributed by atoms with Gasteiger partial charge in [0.05, 0.1) is 48.5 Å². The first-order valence-corrected chi connectivity index (χ1v) is 23.3. The highest BCUT2D eigenvalue weighted by Gasteiger charge is 2.29. The maximum Gasteiger partial charge on any atom is 0.345 e. The summed E-state index contributed by atoms with van der Waals surface area (Å²) in [6, 6.07) is 45.6. The van der Waals surface area contributed by atoms with E-state index in [0.29, 0.717) is 54.1 Å². The summed E-state index contributed by atoms with van der Waals surface area (Å²) >= 11 is 2.87. The minimum absolute atomic E-state index is 0.0342. The summed E-state index contributed by atoms with van der Waals surface area (Å²) in [4.78, 5) is 73.6. The zero-order valence-corrected chi connectivity index (χ0v) is 38.5. The average Bonchev–Trinajstić information content (AvgIpc) is 4.09. The van der Waals surface area contributed by atoms with Gasteiger partial charge in [-0.15, -0.1) is 22.7 Å². The predicted octanol–water partition coefficient (Wildman–Crippen LogP) is 11.1. The van der Waals surface area contributed by atoms with Crippen molar-refractivity contribution in [2.75, 3.05) is 34.4 Å². The summed E-state index contributed by atoms with van der Waals surface area (Å²) in [5.74, 6) is -0.545. The van der Waals surface area contributed by atoms with Crippen LogP contribution in [0.3, 0.4) is 0 Å². The van der Waals surface area contributed by atoms with Crippen molar-refractivity contribution in [2.24, 2.45) is 0 Å². The molecular formula is C52H40N8O8S2. The number of hydrogen-bond donors (Lipinski definition) is 4. The summed E-state index contributed by atoms with van der Waals surface area (Å²) in [5, 5.41) is 31.1. The first-order chi connectivity index (χ1) is 33.8. The van der Waals surface area contributed by atoms with Crippen LogP contribution < -0.4 is 21.3 Å². The molecule has 16 nitrogen and oxygen atoms in total. The zero-order valence-electron chi connectivity index (χ0n) is 36.9. The average molecular weight is 969 g/mol. The summed E-state index contributed by atoms with van der Waals surface area (Å²) in [6.07, 6.45) is 1.21. The number of nitrogens with one attached hydrogen (secondary N) is 1. The number of nitro groups is 2. The number of aromatic nitrogens is 2. The maximum absolute atomic E-state index is 13.4. The first kappa shape index (κ1) is 46.1. The van der Waals surface area contributed by atoms with Crippen molar-refractivity contribution in [2.45, 2.75) is 12.8 Å². The Labute approximate surface area is 407 Å². The van der Waals surface area contributed by atoms with E-state index in [1.54, 1.807) is 39.3 Å². The minimum atomic E-state index is -0.964. The molecule has 0 bridgehead atoms. The monoisotopic (exact) mass is 968 g/mol. The number of carbonyl (C=O) groups is 3. The number of carbonyl (C=O) groups excluding carboxylic acids is 2. The van der Waals surface area contributed by atoms with Crippen LogP contribution in [0.2, 0.25) is 0 Å². The largest absolute Gasteiger partial charge is 0.477 e. The Morgan fingerprint density at radius 3 is 1.54 bits per heavy atom. The number of thiophene rings is 2. The van der Waals surface area contributed by atoms with Gasteiger partial charge in [-0.05, 0) is 96.8 Å². The minimum Gasteiger partial charge on any atom is -0.477 e. The molecule has 6 N–H and O–H groups in total. The van der Waals surface area contributed by atoms with E-state index in [1.165, 1.54) is 65.4 Å². The lowest BCUT2D eigenvalue weighted by Gasteiger charge is -2.23. The third-order valence-corrected chi connectivity index (χ3v) is 14.1. The van der Waals surface area contributed by atoms with Crippen molar-refractivity contribution >= 4 is 85.6 Å². The second kappa shape index (κ2) is 19.7. The van der Waals surface area contributed by atoms with E-state index in [2.05, 4.69) is 11.1 Å². The van der Waals surface area contributed by atoms with Gasteiger partial charge >= 0.3 is 5.97 Å². The molecule has 0 saturated heterocycles. The second-order valence-corrected chi connectivity index (χ2v) is 18.1. The molecule has 2 aliphatic rings. The molecule has 18 heteroatoms. The number of benzene rings is 6. The van der Waals surface area contributed by atoms with Crippen molar-refractivity contribution in [3.05, 3.63) is 205 Å². The molecule has 0 spiro atoms. The summed E-state index contributed by atoms with van der Waals surface area (Å²) in [7, 11) is 0. The van der Waals surface area contributed by atoms with Gasteiger partial charge in [-0.3, -0.25) is 29.8 Å². The van der Waals surface area contributed by atoms with E-state index < -0.39 is 15.8 Å². The lowest BCUT2D eigenvalue weighted by atomic mass is 10.1. The molecule has 2 aliphatic heterocycles. The Balaban J connectivity index is 0.000000152. The van der Waals surface area contributed by atoms with Crippen LogP contribution in [0.25, 0.3) is 42.6 Å². The van der Waals surface area contributed by atoms with Crippen LogP contribution in [0.1, 0.15) is 41.5 Å². The van der Waals surface area contributed by atoms with E-state index in [0.717, 1.165) is 53.9 Å². The number of nitrogen functional groups attached to an aromatic ring is 2. The number of rotatable bonds is 6. The molecule has 11 rings (SSSR count). The molecule has 0 atom stereocenters. The highest BCUT2D eigenvalue weighted by molar-refractivity contribution is 7.19. The van der Waals surface area contributed by atoms with Gasteiger partial charge in [0.2, 0.25) is 0 Å². The Bertz CT molecular complexity index is 3420. The van der Waals surface area contributed by atoms with Crippen LogP contribution in [-0.2, 0) is 12.8 Å². The van der Waals surface area contributed by atoms with Gasteiger partial charge in [0.1, 0.15) is 10.7 Å². The number of H-pyrrole nitrogens is 1. The maximum atomic E-state index is 13.4. The fourth-order valence-electron chi connectivity index (χ4n) is 8.18. The van der Waals surface area contributed by atoms with Gasteiger partial charge in [-0.25, -0.2) is 9.78 Å². The number of non-ortho nitro benzene ring substituents is 2. The number of aromatic carboxylic acids is 1. The van der Waals surface area contributed by atoms with Crippen LogP contribution in [0.4, 0.5) is 34.1 Å². The normalized spacial score (nSPS) is 12.3. The second-order valence-electron chi connectivity index (χ2n) is 16.0. The third-order valence-electron chi connectivity index (χ3n) is 11.7. The van der Waals surface area contributed by atoms with Gasteiger partial charge in [0.25, 0.3) is 23.2 Å². The standard InChI is InChI=1S/C26H18N4O3S.C20H14N2O5S.C6H8N2/c31-26(16-9-11-18(12-10-16)30(32)33)29-14-13-17-15-23(25-27-20-6-2-3-7-21(20)28-25)34-24(17)19-5-1-4-8-22(19)29;23-19(12-5-7-14(8-6-12)22(26)27)21-10-9-13-11-17(20(24)25)28-18(13)15-3-1-2-4-16(15)21;7-5-3-1-2-4-6(5)8/h1-12,15H,13-14H2,(H,27,28);1-8,11H,9-10H2,(H,24,25);1-4H,7-8H2. The molecule has 0 fully saturated rings. The number of nitrogens with zero attached hydrogens (tertiary/aromatic N) is 5. The predicted molar refractivity (Wildman–Crippen MR) is 274 cm³/mol. The number of aromatic amines is 1. The number of anilines is 4. The molecular weight excluding hydrogens is 929 g/mol. The number of amides is 2. The Hall–Kier alpha value is -9.00. The van der Waals surface area contributed by atoms with Crippen LogP contribution in [0.15, 0.2) is 158 Å². The van der Waals surface area contributed by atoms with Gasteiger partial charge < -0.3 is 31.4 Å². The first-order valence-electron chi connectivity index (χ1n) is 21.7. The van der Waals surface area contributed by atoms with Crippen LogP contribution in [0.5, 0.6) is 0 Å². The van der Waals surface area contributed by atoms with E-state index in [9.17, 15) is 39.7 Å². The number of imidazole rings is 1. The highest BCUT2D eigenvalue weighted by atomic mass is 32.1. The quantitative estimate of drug-likeness (QED) is 0.0693. The molecule has 6 aromatic carbocycles. The summed E-state index contributed by atoms with van der Waals surface area (Å²) < 4.78 is 0. The number of hydrogen-bond acceptors (Lipinski definition) is 12. The van der Waals surface area contributed by atoms with Crippen molar-refractivity contribution in [1.29, 1.82) is 0 Å². The number of para-hydroxylation sites is 6. The topological polar surface area (TPSA) is 245 Å². The van der Waals surface area contributed by atoms with E-state index in [4.69, 9.17) is 16.5 Å². The fourth-order valence-corrected chi connectivity index (χ4v) is 10.5. The summed E-state index contributed by atoms with van der Waals surface area (Å²) in [5.41, 5.74) is 20.1. The van der Waals surface area contributed by atoms with Crippen molar-refractivity contribution in [3.63, 3.8) is 0 Å². The van der Waals surface area contributed by atoms with E-state index >= 15 is 0 Å². The van der Waals surface area contributed by atoms with Crippen molar-refractivity contribution < 1.29 is 29.3 Å². The third kappa shape index (κ3) is 9.44. The number of nitrogens with two attached hydrogens (primary N) is 2. The van der Waals surface area contributed by atoms with Gasteiger partial charge in [-0.2, -0.15) is 0 Å². The molecule has 70 heavy (non-hydrogen) atoms. The van der Waals surface area contributed by atoms with Crippen molar-refractivity contribution in [3.8, 4) is 31.6 Å². The summed E-state index contributed by atoms with van der Waals surface area (Å²) in [6.45, 7) is 0.895. The van der Waals surface area contributed by atoms with Gasteiger partial charge in [0.15, 0.2) is 0 Å². The van der Waals surface area contributed by atoms with Crippen molar-refractivity contribution in [1.82, 2.24) is 9.97 Å². The van der Waals surface area contributed by atoms with E-state index in [1.807, 2.05) is 84.9 Å². The van der Waals surface area contributed by atoms with Crippen LogP contribution in [0, 0.1) is 20.2 Å². The van der Waals surface area contributed by atoms with Crippen LogP contribution in [-0.4, -0.2) is 55.8 Å². The number of carboxylic acids is 1. The van der Waals surface area contributed by atoms with Gasteiger partial charge in [-0.1, -0.05) is 60.7 Å². The smallest absolute Gasteiger partial charge is 0.345 e. The Kier molecular flexibility index (Phi) is 13.0. The number of carboxylic acid groups (broad SMARTS) is 1. The Morgan fingerprint density at radius 1 is 0.600 bits per heavy atom. The van der Waals surface area contributed by atoms with E-state index in [-0.39, 0.29) is 28.1 Å². The van der Waals surface area contributed by atoms with Gasteiger partial charge in [0, 0.05) is 69.4 Å². The molecule has 0 unspecified atom stereocenters. The lowest BCUT2D eigenvalue weighted by Crippen LogP contribution is -2.32. The zero-order chi connectivity index (χ0) is 49.1. The molecule has 0 radical (unpaired) electrons. The molecule has 5 heterocycles. The molecule has 0 aliphatic carbocycles. The van der Waals surface area contributed by atoms with Crippen LogP contribution >= 0.6 is 22.7 Å². The highest BCUT2D eigenvalue weighted by Crippen LogP contribution is 2.45. The number of fused-ring (bicyclic) bond motifs is 7.